The number of hydroxylamine groups is 2. The van der Waals surface area contributed by atoms with Gasteiger partial charge in [0, 0.05) is 17.5 Å². The van der Waals surface area contributed by atoms with E-state index in [1.165, 1.54) is 5.75 Å². The molecule has 0 spiro atoms. The first-order valence-electron chi connectivity index (χ1n) is 6.73. The van der Waals surface area contributed by atoms with Gasteiger partial charge in [-0.1, -0.05) is 13.8 Å². The van der Waals surface area contributed by atoms with Gasteiger partial charge in [0.25, 0.3) is 0 Å². The highest BCUT2D eigenvalue weighted by Crippen LogP contribution is 2.12. The maximum atomic E-state index is 5.49. The summed E-state index contributed by atoms with van der Waals surface area (Å²) in [7, 11) is 1.66. The summed E-state index contributed by atoms with van der Waals surface area (Å²) in [6.07, 6.45) is 0. The van der Waals surface area contributed by atoms with Gasteiger partial charge in [-0.05, 0) is 19.1 Å². The normalized spacial score (nSPS) is 12.0. The molecule has 4 nitrogen and oxygen atoms in total. The quantitative estimate of drug-likeness (QED) is 0.295. The van der Waals surface area contributed by atoms with Gasteiger partial charge >= 0.3 is 0 Å². The molecular formula is C13H29NO3S2. The molecule has 0 bridgehead atoms. The van der Waals surface area contributed by atoms with E-state index in [0.29, 0.717) is 26.0 Å². The van der Waals surface area contributed by atoms with Crippen molar-refractivity contribution < 1.29 is 14.3 Å². The van der Waals surface area contributed by atoms with Crippen molar-refractivity contribution in [2.45, 2.75) is 39.0 Å². The fraction of sp³-hybridized carbons (Fsp3) is 1.00. The van der Waals surface area contributed by atoms with Gasteiger partial charge in [0.2, 0.25) is 0 Å². The van der Waals surface area contributed by atoms with Gasteiger partial charge in [-0.25, -0.2) is 0 Å². The van der Waals surface area contributed by atoms with E-state index in [1.807, 2.05) is 23.5 Å². The third kappa shape index (κ3) is 13.3. The molecule has 0 atom stereocenters. The summed E-state index contributed by atoms with van der Waals surface area (Å²) in [6.45, 7) is 10.3. The first-order valence-corrected chi connectivity index (χ1v) is 8.93. The maximum absolute atomic E-state index is 5.49. The van der Waals surface area contributed by atoms with E-state index in [4.69, 9.17) is 14.3 Å². The molecule has 0 aliphatic heterocycles. The molecule has 0 N–H and O–H groups in total. The minimum atomic E-state index is 0.319. The van der Waals surface area contributed by atoms with Crippen LogP contribution in [0.4, 0.5) is 0 Å². The van der Waals surface area contributed by atoms with E-state index in [9.17, 15) is 0 Å². The van der Waals surface area contributed by atoms with Crippen molar-refractivity contribution in [1.82, 2.24) is 5.06 Å². The zero-order valence-electron chi connectivity index (χ0n) is 12.9. The molecule has 0 saturated carbocycles. The molecule has 0 aliphatic rings. The minimum Gasteiger partial charge on any atom is -0.368 e. The predicted octanol–water partition coefficient (Wildman–Crippen LogP) is 3.08. The largest absolute Gasteiger partial charge is 0.368 e. The van der Waals surface area contributed by atoms with E-state index in [1.54, 1.807) is 12.2 Å². The SMILES string of the molecule is CON(COCCOCSCCSC(C)C)C(C)C. The minimum absolute atomic E-state index is 0.319. The molecule has 0 aromatic carbocycles. The molecule has 116 valence electrons. The van der Waals surface area contributed by atoms with Crippen LogP contribution in [0.1, 0.15) is 27.7 Å². The second-order valence-electron chi connectivity index (χ2n) is 4.58. The van der Waals surface area contributed by atoms with Crippen LogP contribution in [-0.2, 0) is 14.3 Å². The number of nitrogens with zero attached hydrogens (tertiary/aromatic N) is 1. The molecule has 0 amide bonds. The van der Waals surface area contributed by atoms with Crippen LogP contribution in [0.5, 0.6) is 0 Å². The summed E-state index contributed by atoms with van der Waals surface area (Å²) in [5.74, 6) is 3.09. The molecule has 0 saturated heterocycles. The van der Waals surface area contributed by atoms with Crippen LogP contribution < -0.4 is 0 Å². The van der Waals surface area contributed by atoms with Gasteiger partial charge < -0.3 is 9.47 Å². The molecule has 0 heterocycles. The van der Waals surface area contributed by atoms with Crippen molar-refractivity contribution in [2.75, 3.05) is 44.5 Å². The van der Waals surface area contributed by atoms with Gasteiger partial charge in [-0.3, -0.25) is 4.84 Å². The smallest absolute Gasteiger partial charge is 0.122 e. The van der Waals surface area contributed by atoms with Crippen molar-refractivity contribution in [3.05, 3.63) is 0 Å². The highest BCUT2D eigenvalue weighted by molar-refractivity contribution is 8.03. The molecule has 0 radical (unpaired) electrons. The van der Waals surface area contributed by atoms with Crippen molar-refractivity contribution in [2.24, 2.45) is 0 Å². The highest BCUT2D eigenvalue weighted by Gasteiger charge is 2.07. The van der Waals surface area contributed by atoms with Gasteiger partial charge in [-0.2, -0.15) is 16.8 Å². The lowest BCUT2D eigenvalue weighted by molar-refractivity contribution is -0.207. The Labute approximate surface area is 126 Å². The molecule has 0 unspecified atom stereocenters. The van der Waals surface area contributed by atoms with E-state index in [0.717, 1.165) is 16.9 Å². The Morgan fingerprint density at radius 2 is 1.68 bits per heavy atom. The lowest BCUT2D eigenvalue weighted by Crippen LogP contribution is -2.32. The van der Waals surface area contributed by atoms with Crippen LogP contribution in [0.25, 0.3) is 0 Å². The third-order valence-electron chi connectivity index (χ3n) is 2.25. The lowest BCUT2D eigenvalue weighted by Gasteiger charge is -2.22. The van der Waals surface area contributed by atoms with Crippen molar-refractivity contribution in [3.63, 3.8) is 0 Å². The molecule has 0 aliphatic carbocycles. The van der Waals surface area contributed by atoms with Gasteiger partial charge in [0.1, 0.15) is 6.73 Å². The number of thioether (sulfide) groups is 2. The molecule has 19 heavy (non-hydrogen) atoms. The number of hydrogen-bond acceptors (Lipinski definition) is 6. The van der Waals surface area contributed by atoms with Crippen molar-refractivity contribution in [1.29, 1.82) is 0 Å². The second kappa shape index (κ2) is 13.5. The topological polar surface area (TPSA) is 30.9 Å². The zero-order chi connectivity index (χ0) is 14.5. The second-order valence-corrected chi connectivity index (χ2v) is 7.32. The van der Waals surface area contributed by atoms with Crippen LogP contribution in [-0.4, -0.2) is 60.9 Å². The summed E-state index contributed by atoms with van der Waals surface area (Å²) < 4.78 is 11.0. The average Bonchev–Trinajstić information content (AvgIpc) is 2.35. The fourth-order valence-electron chi connectivity index (χ4n) is 1.20. The zero-order valence-corrected chi connectivity index (χ0v) is 14.5. The predicted molar refractivity (Wildman–Crippen MR) is 85.7 cm³/mol. The number of ether oxygens (including phenoxy) is 2. The summed E-state index contributed by atoms with van der Waals surface area (Å²) in [6, 6.07) is 0.319. The van der Waals surface area contributed by atoms with Crippen molar-refractivity contribution >= 4 is 23.5 Å². The van der Waals surface area contributed by atoms with Crippen LogP contribution in [0.15, 0.2) is 0 Å². The summed E-state index contributed by atoms with van der Waals surface area (Å²) in [5, 5.41) is 2.51. The molecule has 0 aromatic rings. The van der Waals surface area contributed by atoms with Gasteiger partial charge in [-0.15, -0.1) is 11.8 Å². The monoisotopic (exact) mass is 311 g/mol. The lowest BCUT2D eigenvalue weighted by atomic mass is 10.4. The standard InChI is InChI=1S/C13H29NO3S2/c1-12(2)14(15-5)10-16-6-7-17-11-18-8-9-19-13(3)4/h12-13H,6-11H2,1-5H3. The fourth-order valence-corrected chi connectivity index (χ4v) is 2.89. The Morgan fingerprint density at radius 1 is 1.00 bits per heavy atom. The molecule has 0 aromatic heterocycles. The average molecular weight is 312 g/mol. The Kier molecular flexibility index (Phi) is 13.9. The Morgan fingerprint density at radius 3 is 2.26 bits per heavy atom. The van der Waals surface area contributed by atoms with Gasteiger partial charge in [0.05, 0.1) is 26.3 Å². The summed E-state index contributed by atoms with van der Waals surface area (Å²) in [5.41, 5.74) is 0. The Bertz CT molecular complexity index is 195. The third-order valence-corrected chi connectivity index (χ3v) is 4.44. The summed E-state index contributed by atoms with van der Waals surface area (Å²) in [4.78, 5) is 5.16. The molecule has 0 fully saturated rings. The molecule has 0 rings (SSSR count). The van der Waals surface area contributed by atoms with E-state index < -0.39 is 0 Å². The van der Waals surface area contributed by atoms with Crippen LogP contribution in [0, 0.1) is 0 Å². The van der Waals surface area contributed by atoms with Gasteiger partial charge in [0.15, 0.2) is 0 Å². The van der Waals surface area contributed by atoms with Crippen LogP contribution >= 0.6 is 23.5 Å². The number of hydrogen-bond donors (Lipinski definition) is 0. The maximum Gasteiger partial charge on any atom is 0.122 e. The Hall–Kier alpha value is 0.540. The van der Waals surface area contributed by atoms with E-state index in [-0.39, 0.29) is 0 Å². The number of rotatable bonds is 13. The highest BCUT2D eigenvalue weighted by atomic mass is 32.2. The Balaban J connectivity index is 3.18. The first kappa shape index (κ1) is 19.5. The molecule has 6 heteroatoms. The molecular weight excluding hydrogens is 282 g/mol. The van der Waals surface area contributed by atoms with Crippen LogP contribution in [0.3, 0.4) is 0 Å². The summed E-state index contributed by atoms with van der Waals surface area (Å²) >= 11 is 3.83. The van der Waals surface area contributed by atoms with E-state index >= 15 is 0 Å². The van der Waals surface area contributed by atoms with Crippen LogP contribution in [0.2, 0.25) is 0 Å². The van der Waals surface area contributed by atoms with Crippen molar-refractivity contribution in [3.8, 4) is 0 Å². The first-order chi connectivity index (χ1) is 9.07. The van der Waals surface area contributed by atoms with E-state index in [2.05, 4.69) is 27.7 Å².